The van der Waals surface area contributed by atoms with Gasteiger partial charge in [-0.2, -0.15) is 0 Å². The molecule has 1 heterocycles. The van der Waals surface area contributed by atoms with Crippen LogP contribution in [0.3, 0.4) is 0 Å². The fourth-order valence-corrected chi connectivity index (χ4v) is 1.96. The van der Waals surface area contributed by atoms with Crippen LogP contribution in [0.1, 0.15) is 23.2 Å². The van der Waals surface area contributed by atoms with E-state index in [0.717, 1.165) is 12.8 Å². The Kier molecular flexibility index (Phi) is 1.58. The third kappa shape index (κ3) is 1.18. The number of nitrogens with two attached hydrogens (primary N) is 1. The number of primary amides is 1. The fourth-order valence-electron chi connectivity index (χ4n) is 1.96. The van der Waals surface area contributed by atoms with Crippen molar-refractivity contribution < 1.29 is 14.3 Å². The molecule has 2 amide bonds. The second-order valence-electron chi connectivity index (χ2n) is 4.13. The van der Waals surface area contributed by atoms with Crippen LogP contribution in [0.25, 0.3) is 0 Å². The van der Waals surface area contributed by atoms with Crippen molar-refractivity contribution in [3.8, 4) is 5.75 Å². The average Bonchev–Trinajstić information content (AvgIpc) is 2.94. The molecule has 2 aliphatic rings. The van der Waals surface area contributed by atoms with Crippen LogP contribution in [0.4, 0.5) is 10.5 Å². The van der Waals surface area contributed by atoms with E-state index in [2.05, 4.69) is 5.32 Å². The summed E-state index contributed by atoms with van der Waals surface area (Å²) in [5.41, 5.74) is 5.46. The Hall–Kier alpha value is -2.04. The van der Waals surface area contributed by atoms with Gasteiger partial charge in [-0.3, -0.25) is 4.79 Å². The summed E-state index contributed by atoms with van der Waals surface area (Å²) in [7, 11) is 0. The lowest BCUT2D eigenvalue weighted by Gasteiger charge is -2.04. The van der Waals surface area contributed by atoms with Crippen molar-refractivity contribution in [2.75, 3.05) is 5.32 Å². The van der Waals surface area contributed by atoms with Crippen molar-refractivity contribution in [1.29, 1.82) is 0 Å². The van der Waals surface area contributed by atoms with E-state index in [-0.39, 0.29) is 5.78 Å². The Morgan fingerprint density at radius 2 is 2.19 bits per heavy atom. The number of hydrogen-bond donors (Lipinski definition) is 2. The minimum absolute atomic E-state index is 0.00983. The maximum Gasteiger partial charge on any atom is 0.316 e. The van der Waals surface area contributed by atoms with Gasteiger partial charge in [0.15, 0.2) is 5.60 Å². The Labute approximate surface area is 91.6 Å². The van der Waals surface area contributed by atoms with Crippen molar-refractivity contribution in [2.24, 2.45) is 5.73 Å². The van der Waals surface area contributed by atoms with Crippen LogP contribution in [0, 0.1) is 0 Å². The molecule has 1 saturated carbocycles. The lowest BCUT2D eigenvalue weighted by atomic mass is 10.1. The summed E-state index contributed by atoms with van der Waals surface area (Å²) in [6.45, 7) is 0. The van der Waals surface area contributed by atoms with Gasteiger partial charge < -0.3 is 15.8 Å². The highest BCUT2D eigenvalue weighted by Crippen LogP contribution is 2.50. The van der Waals surface area contributed by atoms with E-state index < -0.39 is 11.6 Å². The van der Waals surface area contributed by atoms with Gasteiger partial charge in [0.25, 0.3) is 0 Å². The highest BCUT2D eigenvalue weighted by Gasteiger charge is 2.57. The third-order valence-electron chi connectivity index (χ3n) is 2.91. The van der Waals surface area contributed by atoms with Gasteiger partial charge in [-0.1, -0.05) is 0 Å². The molecule has 0 radical (unpaired) electrons. The summed E-state index contributed by atoms with van der Waals surface area (Å²) >= 11 is 0. The van der Waals surface area contributed by atoms with E-state index in [4.69, 9.17) is 10.5 Å². The van der Waals surface area contributed by atoms with Gasteiger partial charge >= 0.3 is 6.03 Å². The summed E-state index contributed by atoms with van der Waals surface area (Å²) in [6.07, 6.45) is 1.55. The Bertz CT molecular complexity index is 506. The molecule has 1 aliphatic carbocycles. The molecule has 82 valence electrons. The number of amides is 2. The largest absolute Gasteiger partial charge is 0.478 e. The van der Waals surface area contributed by atoms with E-state index in [9.17, 15) is 9.59 Å². The van der Waals surface area contributed by atoms with Gasteiger partial charge in [-0.15, -0.1) is 0 Å². The van der Waals surface area contributed by atoms with Gasteiger partial charge in [-0.05, 0) is 31.0 Å². The maximum absolute atomic E-state index is 11.9. The number of rotatable bonds is 1. The number of ketones is 1. The molecule has 0 aromatic heterocycles. The number of carbonyl (C=O) groups excluding carboxylic acids is 2. The highest BCUT2D eigenvalue weighted by atomic mass is 16.5. The predicted octanol–water partition coefficient (Wildman–Crippen LogP) is 1.28. The van der Waals surface area contributed by atoms with Crippen molar-refractivity contribution >= 4 is 17.5 Å². The first-order valence-corrected chi connectivity index (χ1v) is 5.05. The molecular formula is C11H10N2O3. The summed E-state index contributed by atoms with van der Waals surface area (Å²) < 4.78 is 5.58. The summed E-state index contributed by atoms with van der Waals surface area (Å²) in [5, 5.41) is 2.43. The average molecular weight is 218 g/mol. The Morgan fingerprint density at radius 3 is 2.81 bits per heavy atom. The maximum atomic E-state index is 11.9. The van der Waals surface area contributed by atoms with Crippen LogP contribution in [-0.4, -0.2) is 17.4 Å². The number of hydrogen-bond acceptors (Lipinski definition) is 3. The molecule has 1 spiro atoms. The second-order valence-corrected chi connectivity index (χ2v) is 4.13. The van der Waals surface area contributed by atoms with E-state index in [1.165, 1.54) is 0 Å². The molecule has 0 unspecified atom stereocenters. The number of benzene rings is 1. The minimum Gasteiger partial charge on any atom is -0.478 e. The molecule has 1 aromatic carbocycles. The van der Waals surface area contributed by atoms with Gasteiger partial charge in [0.05, 0.1) is 5.56 Å². The van der Waals surface area contributed by atoms with Crippen molar-refractivity contribution in [3.05, 3.63) is 23.8 Å². The Morgan fingerprint density at radius 1 is 1.44 bits per heavy atom. The van der Waals surface area contributed by atoms with Crippen LogP contribution in [-0.2, 0) is 0 Å². The normalized spacial score (nSPS) is 19.1. The topological polar surface area (TPSA) is 81.4 Å². The molecule has 0 saturated heterocycles. The van der Waals surface area contributed by atoms with E-state index in [1.54, 1.807) is 18.2 Å². The quantitative estimate of drug-likeness (QED) is 0.745. The number of carbonyl (C=O) groups is 2. The van der Waals surface area contributed by atoms with Crippen LogP contribution < -0.4 is 15.8 Å². The van der Waals surface area contributed by atoms with Crippen LogP contribution in [0.2, 0.25) is 0 Å². The number of anilines is 1. The first kappa shape index (κ1) is 9.21. The number of fused-ring (bicyclic) bond motifs is 1. The van der Waals surface area contributed by atoms with Crippen molar-refractivity contribution in [1.82, 2.24) is 0 Å². The molecule has 1 aromatic rings. The summed E-state index contributed by atoms with van der Waals surface area (Å²) in [6, 6.07) is 4.31. The molecule has 5 heteroatoms. The number of Topliss-reactive ketones (excluding diaryl/α,β-unsaturated/α-hetero) is 1. The van der Waals surface area contributed by atoms with Crippen LogP contribution >= 0.6 is 0 Å². The molecule has 1 fully saturated rings. The lowest BCUT2D eigenvalue weighted by molar-refractivity contribution is 0.0820. The summed E-state index contributed by atoms with van der Waals surface area (Å²) in [5.74, 6) is 0.605. The molecule has 3 rings (SSSR count). The highest BCUT2D eigenvalue weighted by molar-refractivity contribution is 6.10. The van der Waals surface area contributed by atoms with Crippen LogP contribution in [0.5, 0.6) is 5.75 Å². The number of nitrogens with one attached hydrogen (secondary N) is 1. The zero-order valence-corrected chi connectivity index (χ0v) is 8.45. The second kappa shape index (κ2) is 2.75. The van der Waals surface area contributed by atoms with Gasteiger partial charge in [0.1, 0.15) is 5.75 Å². The zero-order valence-electron chi connectivity index (χ0n) is 8.45. The molecule has 3 N–H and O–H groups in total. The van der Waals surface area contributed by atoms with Gasteiger partial charge in [0, 0.05) is 5.69 Å². The molecule has 0 bridgehead atoms. The number of ether oxygens (including phenoxy) is 1. The monoisotopic (exact) mass is 218 g/mol. The first-order valence-electron chi connectivity index (χ1n) is 5.05. The number of urea groups is 1. The SMILES string of the molecule is NC(=O)Nc1ccc2c(c1)C(=O)C1(CC1)O2. The zero-order chi connectivity index (χ0) is 11.3. The molecule has 5 nitrogen and oxygen atoms in total. The minimum atomic E-state index is -0.646. The smallest absolute Gasteiger partial charge is 0.316 e. The van der Waals surface area contributed by atoms with Gasteiger partial charge in [-0.25, -0.2) is 4.79 Å². The van der Waals surface area contributed by atoms with E-state index >= 15 is 0 Å². The molecule has 0 atom stereocenters. The lowest BCUT2D eigenvalue weighted by Crippen LogP contribution is -2.21. The van der Waals surface area contributed by atoms with E-state index in [1.807, 2.05) is 0 Å². The summed E-state index contributed by atoms with van der Waals surface area (Å²) in [4.78, 5) is 22.6. The van der Waals surface area contributed by atoms with Crippen molar-refractivity contribution in [3.63, 3.8) is 0 Å². The fraction of sp³-hybridized carbons (Fsp3) is 0.273. The molecule has 16 heavy (non-hydrogen) atoms. The molecule has 1 aliphatic heterocycles. The van der Waals surface area contributed by atoms with Gasteiger partial charge in [0.2, 0.25) is 5.78 Å². The van der Waals surface area contributed by atoms with E-state index in [0.29, 0.717) is 17.0 Å². The van der Waals surface area contributed by atoms with Crippen LogP contribution in [0.15, 0.2) is 18.2 Å². The predicted molar refractivity (Wildman–Crippen MR) is 56.6 cm³/mol. The Balaban J connectivity index is 1.98. The first-order chi connectivity index (χ1) is 7.61. The molecular weight excluding hydrogens is 208 g/mol. The third-order valence-corrected chi connectivity index (χ3v) is 2.91. The standard InChI is InChI=1S/C11H10N2O3/c12-10(15)13-6-1-2-8-7(5-6)9(14)11(16-8)3-4-11/h1-2,5H,3-4H2,(H3,12,13,15). The van der Waals surface area contributed by atoms with Crippen molar-refractivity contribution in [2.45, 2.75) is 18.4 Å².